The summed E-state index contributed by atoms with van der Waals surface area (Å²) in [6, 6.07) is 0. The lowest BCUT2D eigenvalue weighted by Crippen LogP contribution is -2.37. The van der Waals surface area contributed by atoms with Crippen molar-refractivity contribution in [1.82, 2.24) is 15.0 Å². The molecule has 0 saturated carbocycles. The van der Waals surface area contributed by atoms with E-state index in [2.05, 4.69) is 5.16 Å². The Morgan fingerprint density at radius 3 is 2.62 bits per heavy atom. The van der Waals surface area contributed by atoms with Crippen LogP contribution in [-0.4, -0.2) is 64.7 Å². The summed E-state index contributed by atoms with van der Waals surface area (Å²) in [5.41, 5.74) is 1.61. The van der Waals surface area contributed by atoms with Gasteiger partial charge in [-0.15, -0.1) is 0 Å². The fraction of sp³-hybridized carbons (Fsp3) is 0.643. The Balaban J connectivity index is 1.93. The predicted molar refractivity (Wildman–Crippen MR) is 75.0 cm³/mol. The van der Waals surface area contributed by atoms with Gasteiger partial charge in [0.25, 0.3) is 0 Å². The van der Waals surface area contributed by atoms with E-state index in [1.165, 1.54) is 0 Å². The van der Waals surface area contributed by atoms with Gasteiger partial charge in [-0.05, 0) is 20.3 Å². The van der Waals surface area contributed by atoms with Crippen molar-refractivity contribution in [2.45, 2.75) is 26.7 Å². The van der Waals surface area contributed by atoms with Gasteiger partial charge in [-0.25, -0.2) is 0 Å². The molecule has 1 saturated heterocycles. The van der Waals surface area contributed by atoms with Crippen LogP contribution >= 0.6 is 0 Å². The predicted octanol–water partition coefficient (Wildman–Crippen LogP) is 0.453. The van der Waals surface area contributed by atoms with Crippen molar-refractivity contribution in [3.05, 3.63) is 17.0 Å². The molecule has 0 bridgehead atoms. The van der Waals surface area contributed by atoms with Crippen molar-refractivity contribution < 1.29 is 19.2 Å². The number of amides is 1. The first-order valence-electron chi connectivity index (χ1n) is 7.11. The second-order valence-corrected chi connectivity index (χ2v) is 5.38. The zero-order valence-electron chi connectivity index (χ0n) is 12.5. The van der Waals surface area contributed by atoms with E-state index >= 15 is 0 Å². The van der Waals surface area contributed by atoms with Crippen molar-refractivity contribution in [1.29, 1.82) is 0 Å². The lowest BCUT2D eigenvalue weighted by Gasteiger charge is -2.21. The fourth-order valence-corrected chi connectivity index (χ4v) is 2.59. The van der Waals surface area contributed by atoms with Gasteiger partial charge >= 0.3 is 5.97 Å². The highest BCUT2D eigenvalue weighted by Gasteiger charge is 2.22. The van der Waals surface area contributed by atoms with Crippen molar-refractivity contribution in [2.24, 2.45) is 0 Å². The first-order valence-corrected chi connectivity index (χ1v) is 7.11. The average Bonchev–Trinajstić information content (AvgIpc) is 2.65. The molecule has 1 fully saturated rings. The van der Waals surface area contributed by atoms with Crippen LogP contribution in [0, 0.1) is 13.8 Å². The molecule has 0 spiro atoms. The summed E-state index contributed by atoms with van der Waals surface area (Å²) < 4.78 is 5.07. The quantitative estimate of drug-likeness (QED) is 0.868. The Hall–Kier alpha value is -1.89. The van der Waals surface area contributed by atoms with Gasteiger partial charge < -0.3 is 14.5 Å². The van der Waals surface area contributed by atoms with Gasteiger partial charge in [0, 0.05) is 31.7 Å². The Labute approximate surface area is 123 Å². The standard InChI is InChI=1S/C14H21N3O4/c1-10-12(11(2)21-15-10)8-13(18)17-5-3-4-16(6-7-17)9-14(19)20/h3-9H2,1-2H3,(H,19,20). The minimum absolute atomic E-state index is 0.0336. The summed E-state index contributed by atoms with van der Waals surface area (Å²) in [5, 5.41) is 12.7. The van der Waals surface area contributed by atoms with Crippen LogP contribution in [0.15, 0.2) is 4.52 Å². The molecule has 116 valence electrons. The van der Waals surface area contributed by atoms with E-state index in [4.69, 9.17) is 9.63 Å². The Kier molecular flexibility index (Phi) is 4.95. The first kappa shape index (κ1) is 15.5. The molecule has 21 heavy (non-hydrogen) atoms. The van der Waals surface area contributed by atoms with Crippen molar-refractivity contribution >= 4 is 11.9 Å². The van der Waals surface area contributed by atoms with Crippen molar-refractivity contribution in [3.8, 4) is 0 Å². The van der Waals surface area contributed by atoms with Gasteiger partial charge in [0.15, 0.2) is 0 Å². The van der Waals surface area contributed by atoms with Crippen LogP contribution in [0.2, 0.25) is 0 Å². The lowest BCUT2D eigenvalue weighted by atomic mass is 10.1. The molecule has 0 aliphatic carbocycles. The molecule has 2 rings (SSSR count). The molecule has 1 N–H and O–H groups in total. The highest BCUT2D eigenvalue weighted by molar-refractivity contribution is 5.79. The summed E-state index contributed by atoms with van der Waals surface area (Å²) in [5.74, 6) is -0.102. The lowest BCUT2D eigenvalue weighted by molar-refractivity contribution is -0.138. The zero-order valence-corrected chi connectivity index (χ0v) is 12.5. The molecule has 0 unspecified atom stereocenters. The number of aliphatic carboxylic acids is 1. The molecule has 1 aromatic heterocycles. The number of aryl methyl sites for hydroxylation is 2. The maximum atomic E-state index is 12.4. The van der Waals surface area contributed by atoms with E-state index in [1.807, 2.05) is 11.8 Å². The van der Waals surface area contributed by atoms with Crippen LogP contribution in [0.1, 0.15) is 23.4 Å². The molecule has 1 amide bonds. The minimum atomic E-state index is -0.828. The Morgan fingerprint density at radius 1 is 1.24 bits per heavy atom. The van der Waals surface area contributed by atoms with Crippen molar-refractivity contribution in [3.63, 3.8) is 0 Å². The van der Waals surface area contributed by atoms with Gasteiger partial charge in [0.2, 0.25) is 5.91 Å². The number of hydrogen-bond acceptors (Lipinski definition) is 5. The number of carboxylic acids is 1. The monoisotopic (exact) mass is 295 g/mol. The number of carbonyl (C=O) groups excluding carboxylic acids is 1. The summed E-state index contributed by atoms with van der Waals surface area (Å²) >= 11 is 0. The Bertz CT molecular complexity index is 507. The van der Waals surface area contributed by atoms with Gasteiger partial charge in [0.05, 0.1) is 18.7 Å². The molecule has 1 aromatic rings. The van der Waals surface area contributed by atoms with Gasteiger partial charge in [-0.1, -0.05) is 5.16 Å². The van der Waals surface area contributed by atoms with Crippen LogP contribution in [-0.2, 0) is 16.0 Å². The van der Waals surface area contributed by atoms with E-state index < -0.39 is 5.97 Å². The highest BCUT2D eigenvalue weighted by atomic mass is 16.5. The third kappa shape index (κ3) is 4.04. The number of carbonyl (C=O) groups is 2. The van der Waals surface area contributed by atoms with Crippen LogP contribution in [0.5, 0.6) is 0 Å². The van der Waals surface area contributed by atoms with Gasteiger partial charge in [0.1, 0.15) is 5.76 Å². The van der Waals surface area contributed by atoms with Crippen LogP contribution in [0.4, 0.5) is 0 Å². The molecule has 0 radical (unpaired) electrons. The van der Waals surface area contributed by atoms with E-state index in [0.29, 0.717) is 38.4 Å². The molecule has 0 aromatic carbocycles. The summed E-state index contributed by atoms with van der Waals surface area (Å²) in [4.78, 5) is 26.8. The van der Waals surface area contributed by atoms with Gasteiger partial charge in [-0.2, -0.15) is 0 Å². The minimum Gasteiger partial charge on any atom is -0.480 e. The highest BCUT2D eigenvalue weighted by Crippen LogP contribution is 2.15. The molecule has 7 heteroatoms. The second-order valence-electron chi connectivity index (χ2n) is 5.38. The SMILES string of the molecule is Cc1noc(C)c1CC(=O)N1CCCN(CC(=O)O)CC1. The fourth-order valence-electron chi connectivity index (χ4n) is 2.59. The zero-order chi connectivity index (χ0) is 15.4. The summed E-state index contributed by atoms with van der Waals surface area (Å²) in [7, 11) is 0. The molecule has 2 heterocycles. The average molecular weight is 295 g/mol. The third-order valence-electron chi connectivity index (χ3n) is 3.81. The first-order chi connectivity index (χ1) is 9.97. The maximum Gasteiger partial charge on any atom is 0.317 e. The molecular weight excluding hydrogens is 274 g/mol. The second kappa shape index (κ2) is 6.71. The molecule has 1 aliphatic heterocycles. The molecule has 1 aliphatic rings. The van der Waals surface area contributed by atoms with Crippen LogP contribution < -0.4 is 0 Å². The van der Waals surface area contributed by atoms with Crippen LogP contribution in [0.25, 0.3) is 0 Å². The topological polar surface area (TPSA) is 86.9 Å². The Morgan fingerprint density at radius 2 is 2.00 bits per heavy atom. The molecule has 7 nitrogen and oxygen atoms in total. The molecular formula is C14H21N3O4. The smallest absolute Gasteiger partial charge is 0.317 e. The third-order valence-corrected chi connectivity index (χ3v) is 3.81. The normalized spacial score (nSPS) is 16.8. The van der Waals surface area contributed by atoms with Crippen molar-refractivity contribution in [2.75, 3.05) is 32.7 Å². The van der Waals surface area contributed by atoms with E-state index in [-0.39, 0.29) is 12.5 Å². The number of hydrogen-bond donors (Lipinski definition) is 1. The summed E-state index contributed by atoms with van der Waals surface area (Å²) in [6.07, 6.45) is 1.08. The summed E-state index contributed by atoms with van der Waals surface area (Å²) in [6.45, 7) is 6.20. The largest absolute Gasteiger partial charge is 0.480 e. The van der Waals surface area contributed by atoms with Gasteiger partial charge in [-0.3, -0.25) is 14.5 Å². The maximum absolute atomic E-state index is 12.4. The number of rotatable bonds is 4. The van der Waals surface area contributed by atoms with E-state index in [0.717, 1.165) is 17.7 Å². The number of aromatic nitrogens is 1. The van der Waals surface area contributed by atoms with Crippen LogP contribution in [0.3, 0.4) is 0 Å². The van der Waals surface area contributed by atoms with E-state index in [9.17, 15) is 9.59 Å². The number of carboxylic acid groups (broad SMARTS) is 1. The van der Waals surface area contributed by atoms with E-state index in [1.54, 1.807) is 11.8 Å². The molecule has 0 atom stereocenters. The number of nitrogens with zero attached hydrogens (tertiary/aromatic N) is 3.